The van der Waals surface area contributed by atoms with Crippen molar-refractivity contribution in [3.8, 4) is 0 Å². The fourth-order valence-corrected chi connectivity index (χ4v) is 2.33. The highest BCUT2D eigenvalue weighted by atomic mass is 15.2. The molecule has 1 N–H and O–H groups in total. The van der Waals surface area contributed by atoms with Crippen LogP contribution in [-0.4, -0.2) is 38.1 Å². The van der Waals surface area contributed by atoms with E-state index in [-0.39, 0.29) is 0 Å². The first-order valence-electron chi connectivity index (χ1n) is 5.01. The van der Waals surface area contributed by atoms with Crippen molar-refractivity contribution in [2.45, 2.75) is 26.3 Å². The van der Waals surface area contributed by atoms with E-state index in [9.17, 15) is 0 Å². The van der Waals surface area contributed by atoms with Gasteiger partial charge in [0.2, 0.25) is 0 Å². The zero-order chi connectivity index (χ0) is 9.14. The normalized spacial score (nSPS) is 31.8. The van der Waals surface area contributed by atoms with Crippen molar-refractivity contribution in [2.24, 2.45) is 11.8 Å². The molecule has 2 atom stereocenters. The molecule has 0 aromatic carbocycles. The number of nitrogens with zero attached hydrogens (tertiary/aromatic N) is 1. The lowest BCUT2D eigenvalue weighted by Gasteiger charge is -2.27. The monoisotopic (exact) mass is 170 g/mol. The molecule has 72 valence electrons. The molecule has 1 rings (SSSR count). The van der Waals surface area contributed by atoms with Crippen LogP contribution in [0.25, 0.3) is 0 Å². The van der Waals surface area contributed by atoms with Gasteiger partial charge < -0.3 is 10.2 Å². The van der Waals surface area contributed by atoms with E-state index >= 15 is 0 Å². The molecule has 0 radical (unpaired) electrons. The molecule has 1 saturated heterocycles. The second-order valence-corrected chi connectivity index (χ2v) is 4.30. The Kier molecular flexibility index (Phi) is 3.53. The predicted octanol–water partition coefficient (Wildman–Crippen LogP) is 1.18. The van der Waals surface area contributed by atoms with Gasteiger partial charge in [-0.15, -0.1) is 0 Å². The quantitative estimate of drug-likeness (QED) is 0.684. The van der Waals surface area contributed by atoms with Crippen LogP contribution in [0.3, 0.4) is 0 Å². The van der Waals surface area contributed by atoms with Gasteiger partial charge in [0.1, 0.15) is 0 Å². The standard InChI is InChI=1S/C10H22N2/c1-8(2)9-5-6-12(4)10(9)7-11-3/h8-11H,5-7H2,1-4H3. The van der Waals surface area contributed by atoms with E-state index in [1.165, 1.54) is 13.0 Å². The summed E-state index contributed by atoms with van der Waals surface area (Å²) in [5.74, 6) is 1.72. The number of nitrogens with one attached hydrogen (secondary N) is 1. The summed E-state index contributed by atoms with van der Waals surface area (Å²) in [6.45, 7) is 7.09. The highest BCUT2D eigenvalue weighted by molar-refractivity contribution is 4.87. The Morgan fingerprint density at radius 2 is 2.17 bits per heavy atom. The molecule has 0 amide bonds. The molecule has 2 nitrogen and oxygen atoms in total. The molecular formula is C10H22N2. The first-order valence-corrected chi connectivity index (χ1v) is 5.01. The molecule has 2 heteroatoms. The Hall–Kier alpha value is -0.0800. The number of likely N-dealkylation sites (tertiary alicyclic amines) is 1. The summed E-state index contributed by atoms with van der Waals surface area (Å²) < 4.78 is 0. The molecule has 1 aliphatic heterocycles. The molecule has 0 spiro atoms. The van der Waals surface area contributed by atoms with Crippen LogP contribution >= 0.6 is 0 Å². The zero-order valence-corrected chi connectivity index (χ0v) is 8.80. The lowest BCUT2D eigenvalue weighted by Crippen LogP contribution is -2.39. The third kappa shape index (κ3) is 1.99. The third-order valence-electron chi connectivity index (χ3n) is 3.15. The largest absolute Gasteiger partial charge is 0.318 e. The maximum atomic E-state index is 3.28. The van der Waals surface area contributed by atoms with Gasteiger partial charge in [-0.25, -0.2) is 0 Å². The van der Waals surface area contributed by atoms with E-state index in [4.69, 9.17) is 0 Å². The van der Waals surface area contributed by atoms with E-state index < -0.39 is 0 Å². The predicted molar refractivity (Wildman–Crippen MR) is 53.3 cm³/mol. The first-order chi connectivity index (χ1) is 5.66. The van der Waals surface area contributed by atoms with E-state index in [0.717, 1.165) is 24.4 Å². The van der Waals surface area contributed by atoms with Crippen molar-refractivity contribution < 1.29 is 0 Å². The molecule has 0 bridgehead atoms. The third-order valence-corrected chi connectivity index (χ3v) is 3.15. The van der Waals surface area contributed by atoms with Gasteiger partial charge in [0.05, 0.1) is 0 Å². The Labute approximate surface area is 76.3 Å². The van der Waals surface area contributed by atoms with Crippen molar-refractivity contribution in [3.05, 3.63) is 0 Å². The Bertz CT molecular complexity index is 134. The second kappa shape index (κ2) is 4.24. The molecule has 1 heterocycles. The summed E-state index contributed by atoms with van der Waals surface area (Å²) in [6.07, 6.45) is 1.38. The summed E-state index contributed by atoms with van der Waals surface area (Å²) in [7, 11) is 4.29. The molecule has 1 fully saturated rings. The van der Waals surface area contributed by atoms with Crippen LogP contribution in [0.15, 0.2) is 0 Å². The minimum absolute atomic E-state index is 0.759. The fraction of sp³-hybridized carbons (Fsp3) is 1.00. The number of likely N-dealkylation sites (N-methyl/N-ethyl adjacent to an activating group) is 2. The van der Waals surface area contributed by atoms with Crippen molar-refractivity contribution >= 4 is 0 Å². The van der Waals surface area contributed by atoms with E-state index in [1.54, 1.807) is 0 Å². The van der Waals surface area contributed by atoms with E-state index in [0.29, 0.717) is 0 Å². The maximum Gasteiger partial charge on any atom is 0.0248 e. The molecule has 0 aromatic rings. The summed E-state index contributed by atoms with van der Waals surface area (Å²) >= 11 is 0. The van der Waals surface area contributed by atoms with Crippen molar-refractivity contribution in [3.63, 3.8) is 0 Å². The van der Waals surface area contributed by atoms with Gasteiger partial charge in [-0.3, -0.25) is 0 Å². The Balaban J connectivity index is 2.51. The number of rotatable bonds is 3. The van der Waals surface area contributed by atoms with Crippen molar-refractivity contribution in [2.75, 3.05) is 27.2 Å². The van der Waals surface area contributed by atoms with Gasteiger partial charge in [-0.2, -0.15) is 0 Å². The highest BCUT2D eigenvalue weighted by Crippen LogP contribution is 2.28. The minimum Gasteiger partial charge on any atom is -0.318 e. The number of hydrogen-bond donors (Lipinski definition) is 1. The molecule has 0 aromatic heterocycles. The lowest BCUT2D eigenvalue weighted by molar-refractivity contribution is 0.233. The summed E-state index contributed by atoms with van der Waals surface area (Å²) in [4.78, 5) is 2.49. The van der Waals surface area contributed by atoms with E-state index in [2.05, 4.69) is 31.1 Å². The topological polar surface area (TPSA) is 15.3 Å². The molecule has 0 saturated carbocycles. The molecule has 2 unspecified atom stereocenters. The molecular weight excluding hydrogens is 148 g/mol. The molecule has 0 aliphatic carbocycles. The maximum absolute atomic E-state index is 3.28. The zero-order valence-electron chi connectivity index (χ0n) is 8.80. The van der Waals surface area contributed by atoms with Gasteiger partial charge in [-0.05, 0) is 38.9 Å². The van der Waals surface area contributed by atoms with E-state index in [1.807, 2.05) is 7.05 Å². The van der Waals surface area contributed by atoms with Crippen LogP contribution in [0.4, 0.5) is 0 Å². The smallest absolute Gasteiger partial charge is 0.0248 e. The molecule has 12 heavy (non-hydrogen) atoms. The first kappa shape index (κ1) is 10.0. The van der Waals surface area contributed by atoms with Gasteiger partial charge in [-0.1, -0.05) is 13.8 Å². The van der Waals surface area contributed by atoms with Gasteiger partial charge >= 0.3 is 0 Å². The summed E-state index contributed by atoms with van der Waals surface area (Å²) in [6, 6.07) is 0.759. The average Bonchev–Trinajstić information content (AvgIpc) is 2.34. The van der Waals surface area contributed by atoms with Crippen LogP contribution < -0.4 is 5.32 Å². The minimum atomic E-state index is 0.759. The lowest BCUT2D eigenvalue weighted by atomic mass is 9.89. The molecule has 1 aliphatic rings. The van der Waals surface area contributed by atoms with Crippen molar-refractivity contribution in [1.82, 2.24) is 10.2 Å². The van der Waals surface area contributed by atoms with Crippen LogP contribution in [0.1, 0.15) is 20.3 Å². The van der Waals surface area contributed by atoms with Crippen LogP contribution in [0, 0.1) is 11.8 Å². The second-order valence-electron chi connectivity index (χ2n) is 4.30. The SMILES string of the molecule is CNCC1C(C(C)C)CCN1C. The summed E-state index contributed by atoms with van der Waals surface area (Å²) in [5, 5.41) is 3.28. The Morgan fingerprint density at radius 1 is 1.50 bits per heavy atom. The summed E-state index contributed by atoms with van der Waals surface area (Å²) in [5.41, 5.74) is 0. The van der Waals surface area contributed by atoms with Crippen LogP contribution in [-0.2, 0) is 0 Å². The van der Waals surface area contributed by atoms with Gasteiger partial charge in [0.25, 0.3) is 0 Å². The fourth-order valence-electron chi connectivity index (χ4n) is 2.33. The van der Waals surface area contributed by atoms with Crippen LogP contribution in [0.2, 0.25) is 0 Å². The number of hydrogen-bond acceptors (Lipinski definition) is 2. The Morgan fingerprint density at radius 3 is 2.67 bits per heavy atom. The van der Waals surface area contributed by atoms with Crippen molar-refractivity contribution in [1.29, 1.82) is 0 Å². The van der Waals surface area contributed by atoms with Crippen LogP contribution in [0.5, 0.6) is 0 Å². The highest BCUT2D eigenvalue weighted by Gasteiger charge is 2.32. The van der Waals surface area contributed by atoms with Gasteiger partial charge in [0, 0.05) is 12.6 Å². The van der Waals surface area contributed by atoms with Gasteiger partial charge in [0.15, 0.2) is 0 Å². The average molecular weight is 170 g/mol.